The third kappa shape index (κ3) is 3.99. The van der Waals surface area contributed by atoms with E-state index in [1.165, 1.54) is 18.3 Å². The number of hydrogen-bond donors (Lipinski definition) is 3. The number of carbonyl (C=O) groups excluding carboxylic acids is 1. The van der Waals surface area contributed by atoms with E-state index in [-0.39, 0.29) is 11.1 Å². The summed E-state index contributed by atoms with van der Waals surface area (Å²) in [5.41, 5.74) is 9.28. The van der Waals surface area contributed by atoms with Crippen molar-refractivity contribution in [2.75, 3.05) is 12.4 Å². The molecule has 0 fully saturated rings. The van der Waals surface area contributed by atoms with Gasteiger partial charge in [-0.25, -0.2) is 9.78 Å². The highest BCUT2D eigenvalue weighted by Crippen LogP contribution is 2.32. The number of carboxylic acid groups (broad SMARTS) is 1. The minimum absolute atomic E-state index is 0.123. The van der Waals surface area contributed by atoms with E-state index in [1.807, 2.05) is 30.3 Å². The van der Waals surface area contributed by atoms with E-state index >= 15 is 0 Å². The van der Waals surface area contributed by atoms with Gasteiger partial charge in [0.1, 0.15) is 0 Å². The summed E-state index contributed by atoms with van der Waals surface area (Å²) in [7, 11) is 1.55. The molecule has 1 amide bonds. The minimum atomic E-state index is -1.05. The Hall–Kier alpha value is -4.46. The van der Waals surface area contributed by atoms with Crippen LogP contribution in [0.1, 0.15) is 20.7 Å². The Morgan fingerprint density at radius 2 is 1.84 bits per heavy atom. The fourth-order valence-electron chi connectivity index (χ4n) is 3.27. The lowest BCUT2D eigenvalue weighted by atomic mass is 10.0. The maximum atomic E-state index is 12.0. The third-order valence-electron chi connectivity index (χ3n) is 4.79. The van der Waals surface area contributed by atoms with Crippen molar-refractivity contribution >= 4 is 34.2 Å². The molecule has 0 aliphatic carbocycles. The van der Waals surface area contributed by atoms with E-state index in [9.17, 15) is 14.7 Å². The van der Waals surface area contributed by atoms with Crippen LogP contribution < -0.4 is 15.8 Å². The number of ether oxygens (including phenoxy) is 1. The maximum Gasteiger partial charge on any atom is 0.335 e. The molecule has 0 radical (unpaired) electrons. The molecule has 31 heavy (non-hydrogen) atoms. The number of rotatable bonds is 6. The van der Waals surface area contributed by atoms with Crippen LogP contribution in [0.4, 0.5) is 11.4 Å². The molecule has 4 aromatic rings. The van der Waals surface area contributed by atoms with Crippen molar-refractivity contribution in [3.05, 3.63) is 78.1 Å². The SMILES string of the molecule is COc1cc(-c2ccc3c(Nc4cccc(C(=O)O)c4)c(C(N)=O)cnc3c2)ccn1. The molecule has 4 rings (SSSR count). The van der Waals surface area contributed by atoms with E-state index in [0.29, 0.717) is 28.2 Å². The first-order chi connectivity index (χ1) is 15.0. The number of aromatic nitrogens is 2. The van der Waals surface area contributed by atoms with Crippen molar-refractivity contribution in [3.63, 3.8) is 0 Å². The molecule has 0 spiro atoms. The van der Waals surface area contributed by atoms with Crippen molar-refractivity contribution in [2.24, 2.45) is 5.73 Å². The molecule has 8 nitrogen and oxygen atoms in total. The van der Waals surface area contributed by atoms with Crippen LogP contribution in [0.5, 0.6) is 5.88 Å². The molecular weight excluding hydrogens is 396 g/mol. The summed E-state index contributed by atoms with van der Waals surface area (Å²) in [6, 6.07) is 15.6. The van der Waals surface area contributed by atoms with Crippen molar-refractivity contribution in [2.45, 2.75) is 0 Å². The second-order valence-electron chi connectivity index (χ2n) is 6.74. The van der Waals surface area contributed by atoms with Crippen LogP contribution in [0.25, 0.3) is 22.0 Å². The van der Waals surface area contributed by atoms with Crippen LogP contribution in [0.3, 0.4) is 0 Å². The molecule has 154 valence electrons. The molecular formula is C23H18N4O4. The van der Waals surface area contributed by atoms with Gasteiger partial charge in [0, 0.05) is 29.5 Å². The van der Waals surface area contributed by atoms with Crippen LogP contribution in [-0.2, 0) is 0 Å². The molecule has 0 aliphatic heterocycles. The van der Waals surface area contributed by atoms with E-state index in [4.69, 9.17) is 10.5 Å². The Kier molecular flexibility index (Phi) is 5.19. The van der Waals surface area contributed by atoms with Crippen LogP contribution >= 0.6 is 0 Å². The van der Waals surface area contributed by atoms with E-state index < -0.39 is 11.9 Å². The van der Waals surface area contributed by atoms with Gasteiger partial charge < -0.3 is 20.9 Å². The number of primary amides is 1. The Morgan fingerprint density at radius 3 is 2.58 bits per heavy atom. The second kappa shape index (κ2) is 8.11. The number of fused-ring (bicyclic) bond motifs is 1. The van der Waals surface area contributed by atoms with Gasteiger partial charge in [-0.15, -0.1) is 0 Å². The number of carbonyl (C=O) groups is 2. The number of nitrogens with zero attached hydrogens (tertiary/aromatic N) is 2. The molecule has 0 aliphatic rings. The number of pyridine rings is 2. The number of carboxylic acids is 1. The second-order valence-corrected chi connectivity index (χ2v) is 6.74. The predicted molar refractivity (Wildman–Crippen MR) is 117 cm³/mol. The number of aromatic carboxylic acids is 1. The quantitative estimate of drug-likeness (QED) is 0.437. The number of nitrogens with two attached hydrogens (primary N) is 1. The molecule has 0 saturated carbocycles. The maximum absolute atomic E-state index is 12.0. The largest absolute Gasteiger partial charge is 0.481 e. The Labute approximate surface area is 177 Å². The van der Waals surface area contributed by atoms with Gasteiger partial charge >= 0.3 is 5.97 Å². The third-order valence-corrected chi connectivity index (χ3v) is 4.79. The molecule has 2 heterocycles. The zero-order valence-corrected chi connectivity index (χ0v) is 16.5. The van der Waals surface area contributed by atoms with E-state index in [2.05, 4.69) is 15.3 Å². The standard InChI is InChI=1S/C23H18N4O4/c1-31-20-11-14(7-8-25-20)13-5-6-17-19(10-13)26-12-18(22(24)28)21(17)27-16-4-2-3-15(9-16)23(29)30/h2-12H,1H3,(H2,24,28)(H,26,27)(H,29,30). The van der Waals surface area contributed by atoms with Gasteiger partial charge in [0.25, 0.3) is 5.91 Å². The van der Waals surface area contributed by atoms with Crippen LogP contribution in [0, 0.1) is 0 Å². The summed E-state index contributed by atoms with van der Waals surface area (Å²) in [5, 5.41) is 13.0. The first-order valence-electron chi connectivity index (χ1n) is 9.29. The summed E-state index contributed by atoms with van der Waals surface area (Å²) in [4.78, 5) is 31.8. The van der Waals surface area contributed by atoms with Gasteiger partial charge in [0.2, 0.25) is 5.88 Å². The fraction of sp³-hybridized carbons (Fsp3) is 0.0435. The number of nitrogens with one attached hydrogen (secondary N) is 1. The summed E-state index contributed by atoms with van der Waals surface area (Å²) in [6.07, 6.45) is 3.06. The minimum Gasteiger partial charge on any atom is -0.481 e. The first-order valence-corrected chi connectivity index (χ1v) is 9.29. The molecule has 2 aromatic carbocycles. The lowest BCUT2D eigenvalue weighted by Crippen LogP contribution is -2.14. The Morgan fingerprint density at radius 1 is 1.03 bits per heavy atom. The number of anilines is 2. The number of benzene rings is 2. The highest BCUT2D eigenvalue weighted by atomic mass is 16.5. The molecule has 0 unspecified atom stereocenters. The summed E-state index contributed by atoms with van der Waals surface area (Å²) < 4.78 is 5.19. The van der Waals surface area contributed by atoms with Crippen molar-refractivity contribution in [1.29, 1.82) is 0 Å². The highest BCUT2D eigenvalue weighted by Gasteiger charge is 2.15. The van der Waals surface area contributed by atoms with Gasteiger partial charge in [-0.05, 0) is 41.5 Å². The van der Waals surface area contributed by atoms with Crippen LogP contribution in [-0.4, -0.2) is 34.1 Å². The molecule has 0 saturated heterocycles. The average Bonchev–Trinajstić information content (AvgIpc) is 2.79. The van der Waals surface area contributed by atoms with Crippen molar-refractivity contribution < 1.29 is 19.4 Å². The first kappa shape index (κ1) is 19.8. The number of methoxy groups -OCH3 is 1. The van der Waals surface area contributed by atoms with Gasteiger partial charge in [0.15, 0.2) is 0 Å². The molecule has 4 N–H and O–H groups in total. The normalized spacial score (nSPS) is 10.6. The van der Waals surface area contributed by atoms with Gasteiger partial charge in [-0.2, -0.15) is 0 Å². The summed E-state index contributed by atoms with van der Waals surface area (Å²) in [5.74, 6) is -1.19. The lowest BCUT2D eigenvalue weighted by Gasteiger charge is -2.14. The van der Waals surface area contributed by atoms with Crippen molar-refractivity contribution in [1.82, 2.24) is 9.97 Å². The number of amides is 1. The smallest absolute Gasteiger partial charge is 0.335 e. The average molecular weight is 414 g/mol. The van der Waals surface area contributed by atoms with Gasteiger partial charge in [-0.1, -0.05) is 18.2 Å². The Bertz CT molecular complexity index is 1320. The Balaban J connectivity index is 1.83. The lowest BCUT2D eigenvalue weighted by molar-refractivity contribution is 0.0696. The van der Waals surface area contributed by atoms with E-state index in [0.717, 1.165) is 11.1 Å². The molecule has 8 heteroatoms. The highest BCUT2D eigenvalue weighted by molar-refractivity contribution is 6.08. The van der Waals surface area contributed by atoms with Gasteiger partial charge in [-0.3, -0.25) is 9.78 Å². The monoisotopic (exact) mass is 414 g/mol. The molecule has 2 aromatic heterocycles. The summed E-state index contributed by atoms with van der Waals surface area (Å²) in [6.45, 7) is 0. The van der Waals surface area contributed by atoms with Crippen molar-refractivity contribution in [3.8, 4) is 17.0 Å². The molecule has 0 atom stereocenters. The van der Waals surface area contributed by atoms with Crippen LogP contribution in [0.15, 0.2) is 67.0 Å². The van der Waals surface area contributed by atoms with E-state index in [1.54, 1.807) is 25.4 Å². The number of hydrogen-bond acceptors (Lipinski definition) is 6. The summed E-state index contributed by atoms with van der Waals surface area (Å²) >= 11 is 0. The zero-order valence-electron chi connectivity index (χ0n) is 16.5. The zero-order chi connectivity index (χ0) is 22.0. The molecule has 0 bridgehead atoms. The van der Waals surface area contributed by atoms with Crippen LogP contribution in [0.2, 0.25) is 0 Å². The topological polar surface area (TPSA) is 127 Å². The fourth-order valence-corrected chi connectivity index (χ4v) is 3.27. The predicted octanol–water partition coefficient (Wildman–Crippen LogP) is 3.85. The van der Waals surface area contributed by atoms with Gasteiger partial charge in [0.05, 0.1) is 29.4 Å².